The fraction of sp³-hybridized carbons (Fsp3) is 0.533. The van der Waals surface area contributed by atoms with E-state index in [0.29, 0.717) is 11.8 Å². The van der Waals surface area contributed by atoms with E-state index in [4.69, 9.17) is 5.21 Å². The molecule has 1 saturated carbocycles. The summed E-state index contributed by atoms with van der Waals surface area (Å²) in [4.78, 5) is 2.50. The zero-order chi connectivity index (χ0) is 12.4. The first kappa shape index (κ1) is 11.7. The number of fused-ring (bicyclic) bond motifs is 1. The summed E-state index contributed by atoms with van der Waals surface area (Å²) in [6, 6.07) is 10.6. The van der Waals surface area contributed by atoms with Gasteiger partial charge in [0.25, 0.3) is 0 Å². The molecule has 0 amide bonds. The molecule has 2 atom stereocenters. The summed E-state index contributed by atoms with van der Waals surface area (Å²) in [6.45, 7) is 3.23. The fourth-order valence-corrected chi connectivity index (χ4v) is 3.46. The summed E-state index contributed by atoms with van der Waals surface area (Å²) in [6.07, 6.45) is 3.45. The fourth-order valence-electron chi connectivity index (χ4n) is 3.46. The Labute approximate surface area is 108 Å². The SMILES string of the molecule is O/N=C1/CCC[C@@H]2CN(Cc3ccccc3)C[C@@H]12. The third-order valence-corrected chi connectivity index (χ3v) is 4.33. The van der Waals surface area contributed by atoms with Gasteiger partial charge in [-0.15, -0.1) is 0 Å². The molecule has 2 aliphatic rings. The van der Waals surface area contributed by atoms with Crippen LogP contribution in [0.2, 0.25) is 0 Å². The van der Waals surface area contributed by atoms with Gasteiger partial charge in [0.1, 0.15) is 0 Å². The van der Waals surface area contributed by atoms with E-state index < -0.39 is 0 Å². The number of oxime groups is 1. The van der Waals surface area contributed by atoms with Gasteiger partial charge < -0.3 is 5.21 Å². The molecule has 0 unspecified atom stereocenters. The van der Waals surface area contributed by atoms with Crippen LogP contribution in [0.4, 0.5) is 0 Å². The van der Waals surface area contributed by atoms with Crippen molar-refractivity contribution in [2.75, 3.05) is 13.1 Å². The largest absolute Gasteiger partial charge is 0.411 e. The predicted molar refractivity (Wildman–Crippen MR) is 71.8 cm³/mol. The first-order valence-corrected chi connectivity index (χ1v) is 6.84. The number of nitrogens with zero attached hydrogens (tertiary/aromatic N) is 2. The summed E-state index contributed by atoms with van der Waals surface area (Å²) >= 11 is 0. The maximum atomic E-state index is 9.08. The summed E-state index contributed by atoms with van der Waals surface area (Å²) in [7, 11) is 0. The predicted octanol–water partition coefficient (Wildman–Crippen LogP) is 2.75. The lowest BCUT2D eigenvalue weighted by atomic mass is 9.80. The highest BCUT2D eigenvalue weighted by molar-refractivity contribution is 5.87. The van der Waals surface area contributed by atoms with Gasteiger partial charge in [-0.2, -0.15) is 0 Å². The Morgan fingerprint density at radius 1 is 1.22 bits per heavy atom. The molecule has 1 aliphatic carbocycles. The Bertz CT molecular complexity index is 429. The number of likely N-dealkylation sites (tertiary alicyclic amines) is 1. The highest BCUT2D eigenvalue weighted by Crippen LogP contribution is 2.35. The van der Waals surface area contributed by atoms with Crippen molar-refractivity contribution in [3.63, 3.8) is 0 Å². The Hall–Kier alpha value is -1.35. The molecule has 1 saturated heterocycles. The smallest absolute Gasteiger partial charge is 0.0617 e. The van der Waals surface area contributed by atoms with Gasteiger partial charge in [-0.05, 0) is 30.7 Å². The molecule has 3 rings (SSSR count). The van der Waals surface area contributed by atoms with Gasteiger partial charge in [-0.1, -0.05) is 35.5 Å². The summed E-state index contributed by atoms with van der Waals surface area (Å²) in [5.41, 5.74) is 2.40. The van der Waals surface area contributed by atoms with E-state index in [1.54, 1.807) is 0 Å². The van der Waals surface area contributed by atoms with Crippen LogP contribution in [-0.2, 0) is 6.54 Å². The molecule has 1 aliphatic heterocycles. The van der Waals surface area contributed by atoms with Gasteiger partial charge in [0.15, 0.2) is 0 Å². The molecule has 3 nitrogen and oxygen atoms in total. The molecule has 18 heavy (non-hydrogen) atoms. The Morgan fingerprint density at radius 2 is 2.06 bits per heavy atom. The molecule has 1 N–H and O–H groups in total. The molecule has 0 radical (unpaired) electrons. The van der Waals surface area contributed by atoms with Crippen LogP contribution in [0, 0.1) is 11.8 Å². The van der Waals surface area contributed by atoms with E-state index >= 15 is 0 Å². The van der Waals surface area contributed by atoms with Crippen molar-refractivity contribution in [1.82, 2.24) is 4.90 Å². The van der Waals surface area contributed by atoms with Crippen LogP contribution in [0.3, 0.4) is 0 Å². The van der Waals surface area contributed by atoms with E-state index in [1.807, 2.05) is 0 Å². The summed E-state index contributed by atoms with van der Waals surface area (Å²) in [5.74, 6) is 1.20. The first-order chi connectivity index (χ1) is 8.86. The monoisotopic (exact) mass is 244 g/mol. The van der Waals surface area contributed by atoms with Crippen LogP contribution < -0.4 is 0 Å². The second kappa shape index (κ2) is 5.11. The molecule has 0 bridgehead atoms. The van der Waals surface area contributed by atoms with Gasteiger partial charge in [0.05, 0.1) is 5.71 Å². The van der Waals surface area contributed by atoms with Crippen molar-refractivity contribution in [3.05, 3.63) is 35.9 Å². The van der Waals surface area contributed by atoms with Crippen molar-refractivity contribution in [2.45, 2.75) is 25.8 Å². The molecule has 0 aromatic heterocycles. The van der Waals surface area contributed by atoms with Crippen molar-refractivity contribution in [1.29, 1.82) is 0 Å². The van der Waals surface area contributed by atoms with E-state index in [9.17, 15) is 0 Å². The van der Waals surface area contributed by atoms with Gasteiger partial charge in [0.2, 0.25) is 0 Å². The molecule has 96 valence electrons. The van der Waals surface area contributed by atoms with Crippen molar-refractivity contribution in [2.24, 2.45) is 17.0 Å². The Balaban J connectivity index is 1.67. The molecule has 0 spiro atoms. The van der Waals surface area contributed by atoms with E-state index in [0.717, 1.165) is 31.8 Å². The minimum atomic E-state index is 0.493. The average Bonchev–Trinajstić information content (AvgIpc) is 2.82. The highest BCUT2D eigenvalue weighted by atomic mass is 16.4. The van der Waals surface area contributed by atoms with Crippen LogP contribution in [-0.4, -0.2) is 28.9 Å². The molecule has 2 fully saturated rings. The van der Waals surface area contributed by atoms with E-state index in [2.05, 4.69) is 40.4 Å². The van der Waals surface area contributed by atoms with Crippen LogP contribution in [0.1, 0.15) is 24.8 Å². The molecule has 1 aromatic carbocycles. The summed E-state index contributed by atoms with van der Waals surface area (Å²) in [5, 5.41) is 12.6. The minimum absolute atomic E-state index is 0.493. The van der Waals surface area contributed by atoms with Crippen LogP contribution in [0.5, 0.6) is 0 Å². The number of benzene rings is 1. The van der Waals surface area contributed by atoms with Crippen molar-refractivity contribution < 1.29 is 5.21 Å². The number of rotatable bonds is 2. The normalized spacial score (nSPS) is 30.6. The molecule has 3 heteroatoms. The minimum Gasteiger partial charge on any atom is -0.411 e. The number of hydrogen-bond donors (Lipinski definition) is 1. The lowest BCUT2D eigenvalue weighted by Gasteiger charge is -2.24. The molecule has 1 aromatic rings. The van der Waals surface area contributed by atoms with Gasteiger partial charge in [0, 0.05) is 25.6 Å². The standard InChI is InChI=1S/C15H20N2O/c18-16-15-8-4-7-13-10-17(11-14(13)15)9-12-5-2-1-3-6-12/h1-3,5-6,13-14,18H,4,7-11H2/b16-15-/t13-,14-/m1/s1. The molecular weight excluding hydrogens is 224 g/mol. The molecule has 1 heterocycles. The van der Waals surface area contributed by atoms with Crippen molar-refractivity contribution >= 4 is 5.71 Å². The lowest BCUT2D eigenvalue weighted by molar-refractivity contribution is 0.304. The second-order valence-electron chi connectivity index (χ2n) is 5.53. The number of hydrogen-bond acceptors (Lipinski definition) is 3. The quantitative estimate of drug-likeness (QED) is 0.641. The third kappa shape index (κ3) is 2.27. The van der Waals surface area contributed by atoms with Crippen LogP contribution >= 0.6 is 0 Å². The molecular formula is C15H20N2O. The Kier molecular flexibility index (Phi) is 3.33. The van der Waals surface area contributed by atoms with Gasteiger partial charge in [-0.3, -0.25) is 4.90 Å². The maximum Gasteiger partial charge on any atom is 0.0617 e. The Morgan fingerprint density at radius 3 is 2.83 bits per heavy atom. The van der Waals surface area contributed by atoms with Gasteiger partial charge >= 0.3 is 0 Å². The zero-order valence-corrected chi connectivity index (χ0v) is 10.6. The highest BCUT2D eigenvalue weighted by Gasteiger charge is 2.38. The van der Waals surface area contributed by atoms with E-state index in [1.165, 1.54) is 18.4 Å². The second-order valence-corrected chi connectivity index (χ2v) is 5.53. The average molecular weight is 244 g/mol. The van der Waals surface area contributed by atoms with Gasteiger partial charge in [-0.25, -0.2) is 0 Å². The zero-order valence-electron chi connectivity index (χ0n) is 10.6. The van der Waals surface area contributed by atoms with E-state index in [-0.39, 0.29) is 0 Å². The lowest BCUT2D eigenvalue weighted by Crippen LogP contribution is -2.27. The van der Waals surface area contributed by atoms with Crippen molar-refractivity contribution in [3.8, 4) is 0 Å². The maximum absolute atomic E-state index is 9.08. The van der Waals surface area contributed by atoms with Crippen LogP contribution in [0.15, 0.2) is 35.5 Å². The van der Waals surface area contributed by atoms with Crippen LogP contribution in [0.25, 0.3) is 0 Å². The summed E-state index contributed by atoms with van der Waals surface area (Å²) < 4.78 is 0. The first-order valence-electron chi connectivity index (χ1n) is 6.84. The third-order valence-electron chi connectivity index (χ3n) is 4.33. The topological polar surface area (TPSA) is 35.8 Å².